The van der Waals surface area contributed by atoms with Gasteiger partial charge in [0.15, 0.2) is 5.82 Å². The molecule has 0 amide bonds. The van der Waals surface area contributed by atoms with Crippen molar-refractivity contribution in [1.82, 2.24) is 9.97 Å². The summed E-state index contributed by atoms with van der Waals surface area (Å²) in [7, 11) is 0. The normalized spacial score (nSPS) is 10.2. The lowest BCUT2D eigenvalue weighted by molar-refractivity contribution is 1.15. The SMILES string of the molecule is C=CCNc1cc(Nc2ccc(C)cc2)nc(-c2ccccc2)n1. The lowest BCUT2D eigenvalue weighted by atomic mass is 10.2. The Labute approximate surface area is 142 Å². The Hall–Kier alpha value is -3.14. The first-order valence-electron chi connectivity index (χ1n) is 7.87. The first-order valence-corrected chi connectivity index (χ1v) is 7.87. The van der Waals surface area contributed by atoms with Gasteiger partial charge in [0.1, 0.15) is 11.6 Å². The Morgan fingerprint density at radius 2 is 1.67 bits per heavy atom. The summed E-state index contributed by atoms with van der Waals surface area (Å²) >= 11 is 0. The molecule has 0 atom stereocenters. The number of aromatic nitrogens is 2. The fourth-order valence-corrected chi connectivity index (χ4v) is 2.28. The molecule has 0 unspecified atom stereocenters. The Kier molecular flexibility index (Phi) is 4.87. The molecular weight excluding hydrogens is 296 g/mol. The number of aryl methyl sites for hydroxylation is 1. The lowest BCUT2D eigenvalue weighted by Crippen LogP contribution is -2.04. The highest BCUT2D eigenvalue weighted by Crippen LogP contribution is 2.22. The van der Waals surface area contributed by atoms with Crippen LogP contribution < -0.4 is 10.6 Å². The Balaban J connectivity index is 1.94. The van der Waals surface area contributed by atoms with Gasteiger partial charge < -0.3 is 10.6 Å². The molecule has 3 aromatic rings. The third-order valence-corrected chi connectivity index (χ3v) is 3.51. The summed E-state index contributed by atoms with van der Waals surface area (Å²) in [5, 5.41) is 6.57. The van der Waals surface area contributed by atoms with Gasteiger partial charge >= 0.3 is 0 Å². The van der Waals surface area contributed by atoms with Crippen LogP contribution in [-0.2, 0) is 0 Å². The molecule has 2 N–H and O–H groups in total. The average Bonchev–Trinajstić information content (AvgIpc) is 2.62. The number of anilines is 3. The van der Waals surface area contributed by atoms with E-state index >= 15 is 0 Å². The average molecular weight is 316 g/mol. The van der Waals surface area contributed by atoms with Crippen molar-refractivity contribution in [3.63, 3.8) is 0 Å². The third-order valence-electron chi connectivity index (χ3n) is 3.51. The van der Waals surface area contributed by atoms with Gasteiger partial charge in [0, 0.05) is 23.9 Å². The molecule has 1 heterocycles. The fourth-order valence-electron chi connectivity index (χ4n) is 2.28. The molecule has 0 spiro atoms. The summed E-state index contributed by atoms with van der Waals surface area (Å²) < 4.78 is 0. The lowest BCUT2D eigenvalue weighted by Gasteiger charge is -2.11. The Morgan fingerprint density at radius 3 is 2.38 bits per heavy atom. The van der Waals surface area contributed by atoms with E-state index in [-0.39, 0.29) is 0 Å². The molecule has 4 nitrogen and oxygen atoms in total. The van der Waals surface area contributed by atoms with Crippen LogP contribution in [0.5, 0.6) is 0 Å². The first-order chi connectivity index (χ1) is 11.7. The number of rotatable bonds is 6. The monoisotopic (exact) mass is 316 g/mol. The molecule has 0 saturated heterocycles. The van der Waals surface area contributed by atoms with E-state index in [1.54, 1.807) is 6.08 Å². The van der Waals surface area contributed by atoms with E-state index in [9.17, 15) is 0 Å². The molecule has 0 aliphatic heterocycles. The van der Waals surface area contributed by atoms with Crippen molar-refractivity contribution in [3.05, 3.63) is 78.9 Å². The van der Waals surface area contributed by atoms with Crippen molar-refractivity contribution < 1.29 is 0 Å². The molecule has 0 radical (unpaired) electrons. The standard InChI is InChI=1S/C20H20N4/c1-3-13-21-18-14-19(22-17-11-9-15(2)10-12-17)24-20(23-18)16-7-5-4-6-8-16/h3-12,14H,1,13H2,2H3,(H2,21,22,23,24). The van der Waals surface area contributed by atoms with Gasteiger partial charge in [0.25, 0.3) is 0 Å². The number of hydrogen-bond acceptors (Lipinski definition) is 4. The maximum absolute atomic E-state index is 4.64. The van der Waals surface area contributed by atoms with Gasteiger partial charge in [0.05, 0.1) is 0 Å². The van der Waals surface area contributed by atoms with Crippen LogP contribution in [0.4, 0.5) is 17.3 Å². The molecule has 4 heteroatoms. The zero-order valence-electron chi connectivity index (χ0n) is 13.7. The summed E-state index contributed by atoms with van der Waals surface area (Å²) in [4.78, 5) is 9.23. The summed E-state index contributed by atoms with van der Waals surface area (Å²) in [6.45, 7) is 6.45. The predicted octanol–water partition coefficient (Wildman–Crippen LogP) is 4.79. The molecule has 3 rings (SSSR count). The van der Waals surface area contributed by atoms with Crippen molar-refractivity contribution in [2.45, 2.75) is 6.92 Å². The van der Waals surface area contributed by atoms with Crippen LogP contribution in [-0.4, -0.2) is 16.5 Å². The van der Waals surface area contributed by atoms with Gasteiger partial charge in [-0.05, 0) is 19.1 Å². The van der Waals surface area contributed by atoms with Gasteiger partial charge in [-0.25, -0.2) is 9.97 Å². The summed E-state index contributed by atoms with van der Waals surface area (Å²) in [6, 6.07) is 20.1. The maximum atomic E-state index is 4.64. The van der Waals surface area contributed by atoms with Crippen LogP contribution in [0.25, 0.3) is 11.4 Å². The van der Waals surface area contributed by atoms with Crippen LogP contribution in [0.15, 0.2) is 73.3 Å². The van der Waals surface area contributed by atoms with E-state index in [2.05, 4.69) is 46.2 Å². The van der Waals surface area contributed by atoms with Gasteiger partial charge in [-0.15, -0.1) is 6.58 Å². The fraction of sp³-hybridized carbons (Fsp3) is 0.100. The molecule has 24 heavy (non-hydrogen) atoms. The molecule has 0 aliphatic carbocycles. The summed E-state index contributed by atoms with van der Waals surface area (Å²) in [5.41, 5.74) is 3.20. The van der Waals surface area contributed by atoms with E-state index in [1.807, 2.05) is 48.5 Å². The minimum atomic E-state index is 0.648. The highest BCUT2D eigenvalue weighted by atomic mass is 15.1. The van der Waals surface area contributed by atoms with E-state index in [1.165, 1.54) is 5.56 Å². The molecule has 1 aromatic heterocycles. The van der Waals surface area contributed by atoms with Crippen LogP contribution >= 0.6 is 0 Å². The molecule has 0 saturated carbocycles. The van der Waals surface area contributed by atoms with Crippen molar-refractivity contribution >= 4 is 17.3 Å². The number of hydrogen-bond donors (Lipinski definition) is 2. The van der Waals surface area contributed by atoms with E-state index in [0.29, 0.717) is 12.4 Å². The van der Waals surface area contributed by atoms with Crippen LogP contribution in [0, 0.1) is 6.92 Å². The number of nitrogens with one attached hydrogen (secondary N) is 2. The molecule has 0 bridgehead atoms. The Bertz CT molecular complexity index is 811. The number of nitrogens with zero attached hydrogens (tertiary/aromatic N) is 2. The first kappa shape index (κ1) is 15.7. The van der Waals surface area contributed by atoms with Crippen LogP contribution in [0.3, 0.4) is 0 Å². The van der Waals surface area contributed by atoms with Gasteiger partial charge in [-0.3, -0.25) is 0 Å². The van der Waals surface area contributed by atoms with Gasteiger partial charge in [-0.1, -0.05) is 54.1 Å². The summed E-state index contributed by atoms with van der Waals surface area (Å²) in [6.07, 6.45) is 1.80. The third kappa shape index (κ3) is 3.98. The zero-order chi connectivity index (χ0) is 16.8. The molecule has 0 aliphatic rings. The van der Waals surface area contributed by atoms with Crippen molar-refractivity contribution in [2.75, 3.05) is 17.2 Å². The van der Waals surface area contributed by atoms with Crippen molar-refractivity contribution in [2.24, 2.45) is 0 Å². The topological polar surface area (TPSA) is 49.8 Å². The summed E-state index contributed by atoms with van der Waals surface area (Å²) in [5.74, 6) is 2.19. The largest absolute Gasteiger partial charge is 0.366 e. The van der Waals surface area contributed by atoms with Crippen molar-refractivity contribution in [3.8, 4) is 11.4 Å². The smallest absolute Gasteiger partial charge is 0.163 e. The quantitative estimate of drug-likeness (QED) is 0.642. The predicted molar refractivity (Wildman–Crippen MR) is 101 cm³/mol. The van der Waals surface area contributed by atoms with E-state index < -0.39 is 0 Å². The van der Waals surface area contributed by atoms with Crippen LogP contribution in [0.2, 0.25) is 0 Å². The van der Waals surface area contributed by atoms with E-state index in [0.717, 1.165) is 22.9 Å². The molecular formula is C20H20N4. The second-order valence-corrected chi connectivity index (χ2v) is 5.49. The Morgan fingerprint density at radius 1 is 0.958 bits per heavy atom. The molecule has 120 valence electrons. The minimum absolute atomic E-state index is 0.648. The second-order valence-electron chi connectivity index (χ2n) is 5.49. The van der Waals surface area contributed by atoms with Gasteiger partial charge in [0.2, 0.25) is 0 Å². The molecule has 0 fully saturated rings. The minimum Gasteiger partial charge on any atom is -0.366 e. The zero-order valence-corrected chi connectivity index (χ0v) is 13.7. The number of benzene rings is 2. The van der Waals surface area contributed by atoms with Crippen LogP contribution in [0.1, 0.15) is 5.56 Å². The maximum Gasteiger partial charge on any atom is 0.163 e. The highest BCUT2D eigenvalue weighted by molar-refractivity contribution is 5.65. The van der Waals surface area contributed by atoms with Gasteiger partial charge in [-0.2, -0.15) is 0 Å². The van der Waals surface area contributed by atoms with Crippen molar-refractivity contribution in [1.29, 1.82) is 0 Å². The van der Waals surface area contributed by atoms with E-state index in [4.69, 9.17) is 0 Å². The molecule has 2 aromatic carbocycles. The second kappa shape index (κ2) is 7.42. The highest BCUT2D eigenvalue weighted by Gasteiger charge is 2.07.